The van der Waals surface area contributed by atoms with E-state index in [-0.39, 0.29) is 12.6 Å². The maximum atomic E-state index is 13.6. The van der Waals surface area contributed by atoms with Crippen LogP contribution in [0.25, 0.3) is 10.8 Å². The average molecular weight is 596 g/mol. The first-order chi connectivity index (χ1) is 20.5. The molecule has 1 amide bonds. The number of hydrogen-bond acceptors (Lipinski definition) is 3. The Hall–Kier alpha value is -4.36. The van der Waals surface area contributed by atoms with E-state index in [0.717, 1.165) is 21.9 Å². The molecule has 1 fully saturated rings. The Morgan fingerprint density at radius 2 is 1.58 bits per heavy atom. The van der Waals surface area contributed by atoms with Crippen LogP contribution in [0.5, 0.6) is 0 Å². The van der Waals surface area contributed by atoms with Gasteiger partial charge in [0, 0.05) is 49.2 Å². The first-order valence-electron chi connectivity index (χ1n) is 13.7. The number of carbonyl (C=O) groups is 1. The van der Waals surface area contributed by atoms with Crippen molar-refractivity contribution in [3.05, 3.63) is 113 Å². The van der Waals surface area contributed by atoms with Crippen LogP contribution in [-0.4, -0.2) is 52.9 Å². The molecule has 3 aromatic carbocycles. The van der Waals surface area contributed by atoms with Gasteiger partial charge in [0.15, 0.2) is 0 Å². The van der Waals surface area contributed by atoms with Gasteiger partial charge < -0.3 is 4.90 Å². The second-order valence-electron chi connectivity index (χ2n) is 10.4. The molecule has 4 nitrogen and oxygen atoms in total. The Labute approximate surface area is 244 Å². The summed E-state index contributed by atoms with van der Waals surface area (Å²) < 4.78 is 81.1. The van der Waals surface area contributed by atoms with E-state index in [1.54, 1.807) is 18.5 Å². The number of fused-ring (bicyclic) bond motifs is 1. The van der Waals surface area contributed by atoms with Crippen molar-refractivity contribution in [2.75, 3.05) is 26.2 Å². The number of carbonyl (C=O) groups excluding carboxylic acids is 1. The minimum absolute atomic E-state index is 0.0346. The molecular formula is C33H27F6N3O. The number of aromatic nitrogens is 1. The smallest absolute Gasteiger partial charge is 0.333 e. The number of benzene rings is 3. The van der Waals surface area contributed by atoms with E-state index in [9.17, 15) is 31.1 Å². The molecule has 0 unspecified atom stereocenters. The lowest BCUT2D eigenvalue weighted by atomic mass is 9.98. The first-order valence-corrected chi connectivity index (χ1v) is 13.7. The van der Waals surface area contributed by atoms with E-state index in [4.69, 9.17) is 0 Å². The second-order valence-corrected chi connectivity index (χ2v) is 10.4. The molecule has 0 spiro atoms. The molecule has 1 atom stereocenters. The highest BCUT2D eigenvalue weighted by molar-refractivity contribution is 5.95. The number of aryl methyl sites for hydroxylation is 1. The Bertz CT molecular complexity index is 1620. The highest BCUT2D eigenvalue weighted by atomic mass is 19.4. The monoisotopic (exact) mass is 595 g/mol. The summed E-state index contributed by atoms with van der Waals surface area (Å²) in [4.78, 5) is 21.1. The summed E-state index contributed by atoms with van der Waals surface area (Å²) in [5, 5.41) is 2.12. The summed E-state index contributed by atoms with van der Waals surface area (Å²) in [5.41, 5.74) is -1.90. The Balaban J connectivity index is 1.40. The van der Waals surface area contributed by atoms with Gasteiger partial charge in [-0.1, -0.05) is 54.3 Å². The van der Waals surface area contributed by atoms with Crippen LogP contribution in [0.1, 0.15) is 39.0 Å². The maximum absolute atomic E-state index is 13.6. The summed E-state index contributed by atoms with van der Waals surface area (Å²) >= 11 is 0. The molecule has 1 aromatic heterocycles. The molecule has 1 aliphatic rings. The van der Waals surface area contributed by atoms with Gasteiger partial charge in [0.05, 0.1) is 17.7 Å². The molecule has 43 heavy (non-hydrogen) atoms. The Morgan fingerprint density at radius 3 is 2.26 bits per heavy atom. The first kappa shape index (κ1) is 30.1. The fraction of sp³-hybridized carbons (Fsp3) is 0.273. The number of pyridine rings is 1. The van der Waals surface area contributed by atoms with E-state index in [1.165, 1.54) is 4.90 Å². The molecule has 222 valence electrons. The molecule has 4 aromatic rings. The van der Waals surface area contributed by atoms with E-state index in [1.807, 2.05) is 53.4 Å². The van der Waals surface area contributed by atoms with Gasteiger partial charge in [-0.25, -0.2) is 0 Å². The van der Waals surface area contributed by atoms with Crippen molar-refractivity contribution in [1.82, 2.24) is 14.8 Å². The number of amides is 1. The van der Waals surface area contributed by atoms with Crippen LogP contribution in [0, 0.1) is 11.8 Å². The predicted molar refractivity (Wildman–Crippen MR) is 151 cm³/mol. The number of halogens is 6. The van der Waals surface area contributed by atoms with E-state index >= 15 is 0 Å². The largest absolute Gasteiger partial charge is 0.416 e. The molecule has 5 rings (SSSR count). The highest BCUT2D eigenvalue weighted by Crippen LogP contribution is 2.37. The van der Waals surface area contributed by atoms with Gasteiger partial charge >= 0.3 is 12.4 Å². The quantitative estimate of drug-likeness (QED) is 0.183. The van der Waals surface area contributed by atoms with Crippen LogP contribution < -0.4 is 0 Å². The summed E-state index contributed by atoms with van der Waals surface area (Å²) in [7, 11) is 0. The maximum Gasteiger partial charge on any atom is 0.416 e. The lowest BCUT2D eigenvalue weighted by Gasteiger charge is -2.41. The van der Waals surface area contributed by atoms with Gasteiger partial charge in [-0.3, -0.25) is 14.7 Å². The Kier molecular flexibility index (Phi) is 8.74. The van der Waals surface area contributed by atoms with Gasteiger partial charge in [-0.05, 0) is 59.5 Å². The molecule has 0 radical (unpaired) electrons. The Morgan fingerprint density at radius 1 is 0.860 bits per heavy atom. The number of piperazine rings is 1. The van der Waals surface area contributed by atoms with Crippen LogP contribution in [0.4, 0.5) is 26.3 Å². The van der Waals surface area contributed by atoms with E-state index in [0.29, 0.717) is 44.6 Å². The molecular weight excluding hydrogens is 568 g/mol. The van der Waals surface area contributed by atoms with Gasteiger partial charge in [0.25, 0.3) is 5.91 Å². The minimum Gasteiger partial charge on any atom is -0.333 e. The molecule has 1 saturated heterocycles. The summed E-state index contributed by atoms with van der Waals surface area (Å²) in [6.45, 7) is 1.25. The van der Waals surface area contributed by atoms with Gasteiger partial charge in [0.2, 0.25) is 0 Å². The standard InChI is InChI=1S/C33H27F6N3O/c34-32(35,36)28-18-27(19-29(20-28)33(37,38)39)31(43)42-16-15-41(14-4-6-24-5-3-13-40-21-24)22-30(42)12-10-23-9-11-25-7-1-2-8-26(25)17-23/h1-3,5,7-9,11,13,17-21,30H,10,12,14-16,22H2/t30-/m1/s1. The third-order valence-corrected chi connectivity index (χ3v) is 7.44. The lowest BCUT2D eigenvalue weighted by molar-refractivity contribution is -0.143. The summed E-state index contributed by atoms with van der Waals surface area (Å²) in [5.74, 6) is 5.27. The minimum atomic E-state index is -5.04. The molecule has 0 aliphatic carbocycles. The summed E-state index contributed by atoms with van der Waals surface area (Å²) in [6.07, 6.45) is -5.79. The number of nitrogens with zero attached hydrogens (tertiary/aromatic N) is 3. The number of hydrogen-bond donors (Lipinski definition) is 0. The molecule has 0 N–H and O–H groups in total. The highest BCUT2D eigenvalue weighted by Gasteiger charge is 2.39. The molecule has 0 saturated carbocycles. The lowest BCUT2D eigenvalue weighted by Crippen LogP contribution is -2.55. The van der Waals surface area contributed by atoms with Crippen LogP contribution in [-0.2, 0) is 18.8 Å². The van der Waals surface area contributed by atoms with Crippen molar-refractivity contribution in [2.45, 2.75) is 31.2 Å². The average Bonchev–Trinajstić information content (AvgIpc) is 2.99. The van der Waals surface area contributed by atoms with Crippen LogP contribution in [0.3, 0.4) is 0 Å². The second kappa shape index (κ2) is 12.5. The van der Waals surface area contributed by atoms with Crippen molar-refractivity contribution in [2.24, 2.45) is 0 Å². The zero-order valence-electron chi connectivity index (χ0n) is 22.9. The zero-order chi connectivity index (χ0) is 30.6. The van der Waals surface area contributed by atoms with Crippen molar-refractivity contribution < 1.29 is 31.1 Å². The third-order valence-electron chi connectivity index (χ3n) is 7.44. The van der Waals surface area contributed by atoms with Gasteiger partial charge in [-0.15, -0.1) is 0 Å². The van der Waals surface area contributed by atoms with Crippen molar-refractivity contribution in [3.8, 4) is 11.8 Å². The number of rotatable bonds is 5. The summed E-state index contributed by atoms with van der Waals surface area (Å²) in [6, 6.07) is 18.1. The van der Waals surface area contributed by atoms with Gasteiger partial charge in [-0.2, -0.15) is 26.3 Å². The topological polar surface area (TPSA) is 36.4 Å². The zero-order valence-corrected chi connectivity index (χ0v) is 22.9. The van der Waals surface area contributed by atoms with Crippen molar-refractivity contribution >= 4 is 16.7 Å². The normalized spacial score (nSPS) is 16.1. The molecule has 2 heterocycles. The van der Waals surface area contributed by atoms with Crippen LogP contribution >= 0.6 is 0 Å². The SMILES string of the molecule is O=C(c1cc(C(F)(F)F)cc(C(F)(F)F)c1)N1CCN(CC#Cc2cccnc2)C[C@H]1CCc1ccc2ccccc2c1. The third kappa shape index (κ3) is 7.54. The molecule has 10 heteroatoms. The van der Waals surface area contributed by atoms with E-state index in [2.05, 4.69) is 16.8 Å². The fourth-order valence-corrected chi connectivity index (χ4v) is 5.24. The fourth-order valence-electron chi connectivity index (χ4n) is 5.24. The van der Waals surface area contributed by atoms with Crippen molar-refractivity contribution in [3.63, 3.8) is 0 Å². The van der Waals surface area contributed by atoms with E-state index < -0.39 is 41.0 Å². The molecule has 1 aliphatic heterocycles. The van der Waals surface area contributed by atoms with Crippen molar-refractivity contribution in [1.29, 1.82) is 0 Å². The van der Waals surface area contributed by atoms with Crippen LogP contribution in [0.2, 0.25) is 0 Å². The van der Waals surface area contributed by atoms with Gasteiger partial charge in [0.1, 0.15) is 0 Å². The number of alkyl halides is 6. The molecule has 0 bridgehead atoms. The van der Waals surface area contributed by atoms with Crippen LogP contribution in [0.15, 0.2) is 85.2 Å². The predicted octanol–water partition coefficient (Wildman–Crippen LogP) is 7.08.